The summed E-state index contributed by atoms with van der Waals surface area (Å²) in [5.74, 6) is -0.437. The van der Waals surface area contributed by atoms with Gasteiger partial charge in [0, 0.05) is 39.3 Å². The van der Waals surface area contributed by atoms with Crippen molar-refractivity contribution in [2.45, 2.75) is 12.6 Å². The molecule has 1 saturated heterocycles. The first-order valence-corrected chi connectivity index (χ1v) is 10.6. The molecule has 9 heteroatoms. The zero-order valence-electron chi connectivity index (χ0n) is 18.0. The molecule has 0 saturated carbocycles. The van der Waals surface area contributed by atoms with Crippen molar-refractivity contribution in [2.75, 3.05) is 46.6 Å². The number of halogens is 1. The van der Waals surface area contributed by atoms with Gasteiger partial charge in [-0.3, -0.25) is 14.5 Å². The molecule has 1 atom stereocenters. The summed E-state index contributed by atoms with van der Waals surface area (Å²) >= 11 is 0. The minimum Gasteiger partial charge on any atom is -0.454 e. The average Bonchev–Trinajstić information content (AvgIpc) is 3.27. The van der Waals surface area contributed by atoms with Crippen molar-refractivity contribution in [3.63, 3.8) is 0 Å². The highest BCUT2D eigenvalue weighted by atomic mass is 19.1. The molecule has 32 heavy (non-hydrogen) atoms. The van der Waals surface area contributed by atoms with Gasteiger partial charge in [-0.05, 0) is 42.4 Å². The average molecular weight is 442 g/mol. The number of hydrogen-bond acceptors (Lipinski definition) is 6. The van der Waals surface area contributed by atoms with E-state index in [9.17, 15) is 14.0 Å². The molecule has 8 nitrogen and oxygen atoms in total. The largest absolute Gasteiger partial charge is 0.454 e. The van der Waals surface area contributed by atoms with Gasteiger partial charge in [-0.1, -0.05) is 18.2 Å². The second-order valence-electron chi connectivity index (χ2n) is 7.99. The molecule has 2 N–H and O–H groups in total. The second-order valence-corrected chi connectivity index (χ2v) is 7.99. The van der Waals surface area contributed by atoms with Crippen LogP contribution in [0.1, 0.15) is 17.2 Å². The third-order valence-corrected chi connectivity index (χ3v) is 5.79. The lowest BCUT2D eigenvalue weighted by atomic mass is 10.0. The molecule has 0 radical (unpaired) electrons. The van der Waals surface area contributed by atoms with E-state index in [-0.39, 0.29) is 31.7 Å². The first-order valence-electron chi connectivity index (χ1n) is 10.6. The van der Waals surface area contributed by atoms with Gasteiger partial charge in [0.25, 0.3) is 0 Å². The van der Waals surface area contributed by atoms with E-state index in [4.69, 9.17) is 9.47 Å². The van der Waals surface area contributed by atoms with Crippen LogP contribution in [0.5, 0.6) is 11.5 Å². The van der Waals surface area contributed by atoms with Gasteiger partial charge < -0.3 is 25.0 Å². The number of piperazine rings is 1. The molecular formula is C23H27FN4O4. The van der Waals surface area contributed by atoms with Crippen LogP contribution < -0.4 is 20.1 Å². The number of rotatable bonds is 6. The van der Waals surface area contributed by atoms with Crippen molar-refractivity contribution in [3.05, 3.63) is 59.4 Å². The third-order valence-electron chi connectivity index (χ3n) is 5.79. The summed E-state index contributed by atoms with van der Waals surface area (Å²) in [6.45, 7) is 4.09. The molecule has 0 bridgehead atoms. The maximum atomic E-state index is 13.4. The molecule has 0 aliphatic carbocycles. The molecule has 0 unspecified atom stereocenters. The zero-order valence-corrected chi connectivity index (χ0v) is 18.0. The zero-order chi connectivity index (χ0) is 22.5. The maximum Gasteiger partial charge on any atom is 0.309 e. The molecule has 1 fully saturated rings. The summed E-state index contributed by atoms with van der Waals surface area (Å²) < 4.78 is 24.0. The number of hydrogen-bond donors (Lipinski definition) is 2. The van der Waals surface area contributed by atoms with Crippen molar-refractivity contribution in [2.24, 2.45) is 0 Å². The van der Waals surface area contributed by atoms with Crippen LogP contribution in [0.25, 0.3) is 0 Å². The summed E-state index contributed by atoms with van der Waals surface area (Å²) in [6, 6.07) is 11.5. The van der Waals surface area contributed by atoms with Crippen LogP contribution in [-0.4, -0.2) is 68.2 Å². The predicted octanol–water partition coefficient (Wildman–Crippen LogP) is 1.28. The molecule has 2 aliphatic heterocycles. The van der Waals surface area contributed by atoms with Gasteiger partial charge in [0.05, 0.1) is 6.04 Å². The van der Waals surface area contributed by atoms with Gasteiger partial charge in [-0.2, -0.15) is 0 Å². The van der Waals surface area contributed by atoms with E-state index in [0.717, 1.165) is 37.3 Å². The Morgan fingerprint density at radius 1 is 0.969 bits per heavy atom. The highest BCUT2D eigenvalue weighted by Crippen LogP contribution is 2.32. The summed E-state index contributed by atoms with van der Waals surface area (Å²) in [5, 5.41) is 5.37. The van der Waals surface area contributed by atoms with Crippen LogP contribution >= 0.6 is 0 Å². The van der Waals surface area contributed by atoms with Gasteiger partial charge in [0.15, 0.2) is 11.5 Å². The summed E-state index contributed by atoms with van der Waals surface area (Å²) in [5.41, 5.74) is 1.70. The number of amides is 2. The normalized spacial score (nSPS) is 17.1. The molecule has 170 valence electrons. The van der Waals surface area contributed by atoms with Crippen LogP contribution in [0.4, 0.5) is 4.39 Å². The molecule has 4 rings (SSSR count). The predicted molar refractivity (Wildman–Crippen MR) is 116 cm³/mol. The van der Waals surface area contributed by atoms with E-state index in [2.05, 4.69) is 27.5 Å². The number of ether oxygens (including phenoxy) is 2. The van der Waals surface area contributed by atoms with E-state index in [1.54, 1.807) is 24.3 Å². The minimum absolute atomic E-state index is 0.144. The first kappa shape index (κ1) is 22.0. The van der Waals surface area contributed by atoms with Gasteiger partial charge in [-0.25, -0.2) is 4.39 Å². The molecule has 0 aromatic heterocycles. The standard InChI is InChI=1S/C23H27FN4O4/c1-27-8-10-28(11-9-27)19(17-3-5-18(24)6-4-17)14-26-23(30)22(29)25-13-16-2-7-20-21(12-16)32-15-31-20/h2-7,12,19H,8-11,13-15H2,1H3,(H,25,29)(H,26,30)/t19-/m0/s1. The fourth-order valence-corrected chi connectivity index (χ4v) is 3.86. The maximum absolute atomic E-state index is 13.4. The summed E-state index contributed by atoms with van der Waals surface area (Å²) in [6.07, 6.45) is 0. The lowest BCUT2D eigenvalue weighted by molar-refractivity contribution is -0.139. The van der Waals surface area contributed by atoms with E-state index in [1.807, 2.05) is 6.07 Å². The van der Waals surface area contributed by atoms with Crippen molar-refractivity contribution >= 4 is 11.8 Å². The van der Waals surface area contributed by atoms with Crippen molar-refractivity contribution in [1.29, 1.82) is 0 Å². The number of carbonyl (C=O) groups is 2. The van der Waals surface area contributed by atoms with E-state index < -0.39 is 11.8 Å². The number of nitrogens with zero attached hydrogens (tertiary/aromatic N) is 2. The Labute approximate surface area is 186 Å². The Balaban J connectivity index is 1.33. The van der Waals surface area contributed by atoms with Crippen LogP contribution in [0, 0.1) is 5.82 Å². The van der Waals surface area contributed by atoms with Crippen molar-refractivity contribution in [1.82, 2.24) is 20.4 Å². The third kappa shape index (κ3) is 5.35. The summed E-state index contributed by atoms with van der Waals surface area (Å²) in [7, 11) is 2.07. The summed E-state index contributed by atoms with van der Waals surface area (Å²) in [4.78, 5) is 29.2. The van der Waals surface area contributed by atoms with E-state index in [0.29, 0.717) is 11.5 Å². The molecule has 2 amide bonds. The molecule has 2 aromatic carbocycles. The second kappa shape index (κ2) is 9.97. The van der Waals surface area contributed by atoms with Crippen molar-refractivity contribution < 1.29 is 23.5 Å². The van der Waals surface area contributed by atoms with E-state index in [1.165, 1.54) is 12.1 Å². The van der Waals surface area contributed by atoms with Crippen molar-refractivity contribution in [3.8, 4) is 11.5 Å². The smallest absolute Gasteiger partial charge is 0.309 e. The van der Waals surface area contributed by atoms with Crippen LogP contribution in [0.2, 0.25) is 0 Å². The van der Waals surface area contributed by atoms with Crippen LogP contribution in [-0.2, 0) is 16.1 Å². The molecule has 2 aromatic rings. The monoisotopic (exact) mass is 442 g/mol. The number of fused-ring (bicyclic) bond motifs is 1. The lowest BCUT2D eigenvalue weighted by Crippen LogP contribution is -2.49. The Hall–Kier alpha value is -3.17. The number of benzene rings is 2. The molecular weight excluding hydrogens is 415 g/mol. The Morgan fingerprint density at radius 3 is 2.41 bits per heavy atom. The number of carbonyl (C=O) groups excluding carboxylic acids is 2. The first-order chi connectivity index (χ1) is 15.5. The molecule has 0 spiro atoms. The number of likely N-dealkylation sites (N-methyl/N-ethyl adjacent to an activating group) is 1. The quantitative estimate of drug-likeness (QED) is 0.656. The molecule has 2 heterocycles. The van der Waals surface area contributed by atoms with E-state index >= 15 is 0 Å². The number of nitrogens with one attached hydrogen (secondary N) is 2. The van der Waals surface area contributed by atoms with Gasteiger partial charge in [0.1, 0.15) is 5.82 Å². The fourth-order valence-electron chi connectivity index (χ4n) is 3.86. The van der Waals surface area contributed by atoms with Gasteiger partial charge in [0.2, 0.25) is 6.79 Å². The topological polar surface area (TPSA) is 83.1 Å². The highest BCUT2D eigenvalue weighted by Gasteiger charge is 2.25. The Kier molecular flexibility index (Phi) is 6.87. The Morgan fingerprint density at radius 2 is 1.66 bits per heavy atom. The molecule has 2 aliphatic rings. The van der Waals surface area contributed by atoms with Gasteiger partial charge >= 0.3 is 11.8 Å². The highest BCUT2D eigenvalue weighted by molar-refractivity contribution is 6.35. The van der Waals surface area contributed by atoms with Crippen LogP contribution in [0.3, 0.4) is 0 Å². The minimum atomic E-state index is -0.709. The SMILES string of the molecule is CN1CCN([C@@H](CNC(=O)C(=O)NCc2ccc3c(c2)OCO3)c2ccc(F)cc2)CC1. The van der Waals surface area contributed by atoms with Gasteiger partial charge in [-0.15, -0.1) is 0 Å². The lowest BCUT2D eigenvalue weighted by Gasteiger charge is -2.38. The Bertz CT molecular complexity index is 961. The fraction of sp³-hybridized carbons (Fsp3) is 0.391. The van der Waals surface area contributed by atoms with Crippen LogP contribution in [0.15, 0.2) is 42.5 Å².